The number of carbonyl (C=O) groups is 1. The molecule has 1 N–H and O–H groups in total. The molecule has 0 saturated heterocycles. The lowest BCUT2D eigenvalue weighted by Crippen LogP contribution is -2.08. The number of hydrogen-bond acceptors (Lipinski definition) is 1. The summed E-state index contributed by atoms with van der Waals surface area (Å²) in [4.78, 5) is 10.8. The van der Waals surface area contributed by atoms with Gasteiger partial charge in [-0.1, -0.05) is 23.7 Å². The summed E-state index contributed by atoms with van der Waals surface area (Å²) in [5, 5.41) is 9.64. The summed E-state index contributed by atoms with van der Waals surface area (Å²) < 4.78 is 0. The van der Waals surface area contributed by atoms with Gasteiger partial charge in [-0.25, -0.2) is 0 Å². The first-order valence-corrected chi connectivity index (χ1v) is 5.93. The molecule has 1 aromatic rings. The zero-order valence-corrected chi connectivity index (χ0v) is 10.00. The van der Waals surface area contributed by atoms with Gasteiger partial charge in [0.2, 0.25) is 0 Å². The molecule has 1 atom stereocenters. The molecule has 0 spiro atoms. The van der Waals surface area contributed by atoms with E-state index in [-0.39, 0.29) is 12.3 Å². The van der Waals surface area contributed by atoms with Crippen molar-refractivity contribution in [3.8, 4) is 0 Å². The predicted molar refractivity (Wildman–Crippen MR) is 63.9 cm³/mol. The van der Waals surface area contributed by atoms with Crippen LogP contribution in [-0.2, 0) is 4.79 Å². The molecular formula is C13H15ClO2. The number of aliphatic carboxylic acids is 1. The van der Waals surface area contributed by atoms with Crippen molar-refractivity contribution < 1.29 is 9.90 Å². The summed E-state index contributed by atoms with van der Waals surface area (Å²) in [6.45, 7) is 1.95. The number of halogens is 1. The third kappa shape index (κ3) is 2.56. The topological polar surface area (TPSA) is 37.3 Å². The average molecular weight is 239 g/mol. The monoisotopic (exact) mass is 238 g/mol. The second-order valence-electron chi connectivity index (χ2n) is 4.55. The number of hydrogen-bond donors (Lipinski definition) is 1. The average Bonchev–Trinajstić information content (AvgIpc) is 3.02. The molecule has 3 heteroatoms. The molecule has 86 valence electrons. The van der Waals surface area contributed by atoms with Crippen molar-refractivity contribution in [1.82, 2.24) is 0 Å². The Morgan fingerprint density at radius 3 is 2.75 bits per heavy atom. The SMILES string of the molecule is Cc1ccc(C(CC(=O)O)C2CC2)cc1Cl. The van der Waals surface area contributed by atoms with Crippen molar-refractivity contribution in [2.45, 2.75) is 32.1 Å². The van der Waals surface area contributed by atoms with Gasteiger partial charge in [0.15, 0.2) is 0 Å². The summed E-state index contributed by atoms with van der Waals surface area (Å²) in [7, 11) is 0. The van der Waals surface area contributed by atoms with Gasteiger partial charge in [-0.3, -0.25) is 4.79 Å². The van der Waals surface area contributed by atoms with Crippen molar-refractivity contribution in [2.75, 3.05) is 0 Å². The maximum Gasteiger partial charge on any atom is 0.303 e. The molecule has 2 rings (SSSR count). The molecule has 0 radical (unpaired) electrons. The lowest BCUT2D eigenvalue weighted by Gasteiger charge is -2.15. The Kier molecular flexibility index (Phi) is 3.20. The number of benzene rings is 1. The molecule has 2 nitrogen and oxygen atoms in total. The van der Waals surface area contributed by atoms with Gasteiger partial charge in [-0.2, -0.15) is 0 Å². The highest BCUT2D eigenvalue weighted by molar-refractivity contribution is 6.31. The fourth-order valence-electron chi connectivity index (χ4n) is 2.08. The molecule has 0 amide bonds. The lowest BCUT2D eigenvalue weighted by molar-refractivity contribution is -0.137. The Labute approximate surface area is 100 Å². The van der Waals surface area contributed by atoms with Crippen LogP contribution in [0.3, 0.4) is 0 Å². The summed E-state index contributed by atoms with van der Waals surface area (Å²) in [6, 6.07) is 5.89. The lowest BCUT2D eigenvalue weighted by atomic mass is 9.90. The molecule has 1 unspecified atom stereocenters. The molecule has 1 aliphatic rings. The second-order valence-corrected chi connectivity index (χ2v) is 4.96. The number of carboxylic acid groups (broad SMARTS) is 1. The van der Waals surface area contributed by atoms with Gasteiger partial charge in [-0.05, 0) is 48.8 Å². The smallest absolute Gasteiger partial charge is 0.303 e. The minimum atomic E-state index is -0.728. The molecule has 16 heavy (non-hydrogen) atoms. The molecule has 0 aliphatic heterocycles. The molecular weight excluding hydrogens is 224 g/mol. The standard InChI is InChI=1S/C13H15ClO2/c1-8-2-3-10(6-12(8)14)11(7-13(15)16)9-4-5-9/h2-3,6,9,11H,4-5,7H2,1H3,(H,15,16). The molecule has 1 fully saturated rings. The largest absolute Gasteiger partial charge is 0.481 e. The molecule has 1 saturated carbocycles. The van der Waals surface area contributed by atoms with Crippen molar-refractivity contribution in [1.29, 1.82) is 0 Å². The maximum absolute atomic E-state index is 10.8. The van der Waals surface area contributed by atoms with Crippen molar-refractivity contribution >= 4 is 17.6 Å². The molecule has 0 bridgehead atoms. The van der Waals surface area contributed by atoms with Gasteiger partial charge in [0.05, 0.1) is 6.42 Å². The van der Waals surface area contributed by atoms with Crippen LogP contribution in [0, 0.1) is 12.8 Å². The van der Waals surface area contributed by atoms with E-state index in [0.717, 1.165) is 29.0 Å². The highest BCUT2D eigenvalue weighted by atomic mass is 35.5. The number of aryl methyl sites for hydroxylation is 1. The number of carboxylic acids is 1. The fraction of sp³-hybridized carbons (Fsp3) is 0.462. The Morgan fingerprint density at radius 2 is 2.25 bits per heavy atom. The van der Waals surface area contributed by atoms with Crippen LogP contribution in [-0.4, -0.2) is 11.1 Å². The van der Waals surface area contributed by atoms with Crippen LogP contribution < -0.4 is 0 Å². The highest BCUT2D eigenvalue weighted by Crippen LogP contribution is 2.45. The van der Waals surface area contributed by atoms with Crippen LogP contribution in [0.25, 0.3) is 0 Å². The fourth-order valence-corrected chi connectivity index (χ4v) is 2.27. The van der Waals surface area contributed by atoms with Crippen LogP contribution in [0.1, 0.15) is 36.3 Å². The summed E-state index contributed by atoms with van der Waals surface area (Å²) >= 11 is 6.07. The van der Waals surface area contributed by atoms with E-state index in [0.29, 0.717) is 5.92 Å². The summed E-state index contributed by atoms with van der Waals surface area (Å²) in [6.07, 6.45) is 2.50. The van der Waals surface area contributed by atoms with E-state index in [4.69, 9.17) is 16.7 Å². The van der Waals surface area contributed by atoms with Gasteiger partial charge < -0.3 is 5.11 Å². The molecule has 0 heterocycles. The van der Waals surface area contributed by atoms with Gasteiger partial charge >= 0.3 is 5.97 Å². The maximum atomic E-state index is 10.8. The van der Waals surface area contributed by atoms with Crippen LogP contribution >= 0.6 is 11.6 Å². The van der Waals surface area contributed by atoms with Crippen LogP contribution in [0.5, 0.6) is 0 Å². The Hall–Kier alpha value is -1.02. The van der Waals surface area contributed by atoms with E-state index in [2.05, 4.69) is 0 Å². The van der Waals surface area contributed by atoms with Crippen molar-refractivity contribution in [2.24, 2.45) is 5.92 Å². The first-order valence-electron chi connectivity index (χ1n) is 5.56. The van der Waals surface area contributed by atoms with Crippen LogP contribution in [0.4, 0.5) is 0 Å². The Morgan fingerprint density at radius 1 is 1.56 bits per heavy atom. The van der Waals surface area contributed by atoms with E-state index >= 15 is 0 Å². The highest BCUT2D eigenvalue weighted by Gasteiger charge is 2.33. The number of rotatable bonds is 4. The second kappa shape index (κ2) is 4.46. The van der Waals surface area contributed by atoms with Gasteiger partial charge in [0.25, 0.3) is 0 Å². The van der Waals surface area contributed by atoms with E-state index < -0.39 is 5.97 Å². The minimum absolute atomic E-state index is 0.135. The van der Waals surface area contributed by atoms with Gasteiger partial charge in [0, 0.05) is 5.02 Å². The van der Waals surface area contributed by atoms with Gasteiger partial charge in [0.1, 0.15) is 0 Å². The van der Waals surface area contributed by atoms with E-state index in [1.807, 2.05) is 25.1 Å². The Balaban J connectivity index is 2.24. The van der Waals surface area contributed by atoms with Crippen molar-refractivity contribution in [3.05, 3.63) is 34.3 Å². The minimum Gasteiger partial charge on any atom is -0.481 e. The van der Waals surface area contributed by atoms with Gasteiger partial charge in [-0.15, -0.1) is 0 Å². The first kappa shape index (κ1) is 11.5. The Bertz CT molecular complexity index is 410. The van der Waals surface area contributed by atoms with Crippen LogP contribution in [0.2, 0.25) is 5.02 Å². The normalized spacial score (nSPS) is 17.1. The zero-order valence-electron chi connectivity index (χ0n) is 9.24. The summed E-state index contributed by atoms with van der Waals surface area (Å²) in [5.41, 5.74) is 2.11. The first-order chi connectivity index (χ1) is 7.58. The van der Waals surface area contributed by atoms with E-state index in [9.17, 15) is 4.79 Å². The van der Waals surface area contributed by atoms with E-state index in [1.165, 1.54) is 0 Å². The molecule has 1 aliphatic carbocycles. The summed E-state index contributed by atoms with van der Waals surface area (Å²) in [5.74, 6) is -0.0564. The zero-order chi connectivity index (χ0) is 11.7. The third-order valence-electron chi connectivity index (χ3n) is 3.21. The van der Waals surface area contributed by atoms with Crippen molar-refractivity contribution in [3.63, 3.8) is 0 Å². The van der Waals surface area contributed by atoms with E-state index in [1.54, 1.807) is 0 Å². The molecule has 1 aromatic carbocycles. The predicted octanol–water partition coefficient (Wildman–Crippen LogP) is 3.62. The molecule has 0 aromatic heterocycles. The third-order valence-corrected chi connectivity index (χ3v) is 3.62. The van der Waals surface area contributed by atoms with Crippen LogP contribution in [0.15, 0.2) is 18.2 Å². The quantitative estimate of drug-likeness (QED) is 0.870.